The summed E-state index contributed by atoms with van der Waals surface area (Å²) in [5.41, 5.74) is 6.50. The van der Waals surface area contributed by atoms with Crippen LogP contribution >= 0.6 is 0 Å². The van der Waals surface area contributed by atoms with E-state index in [9.17, 15) is 4.79 Å². The van der Waals surface area contributed by atoms with Crippen molar-refractivity contribution in [2.45, 2.75) is 20.1 Å². The van der Waals surface area contributed by atoms with Crippen LogP contribution in [0.25, 0.3) is 0 Å². The summed E-state index contributed by atoms with van der Waals surface area (Å²) in [6, 6.07) is 0. The third-order valence-corrected chi connectivity index (χ3v) is 2.09. The minimum Gasteiger partial charge on any atom is -0.393 e. The van der Waals surface area contributed by atoms with E-state index in [-0.39, 0.29) is 11.2 Å². The smallest absolute Gasteiger partial charge is 0.289 e. The van der Waals surface area contributed by atoms with E-state index in [1.807, 2.05) is 6.92 Å². The Bertz CT molecular complexity index is 351. The first-order chi connectivity index (χ1) is 6.13. The first kappa shape index (κ1) is 9.85. The molecule has 0 unspecified atom stereocenters. The second kappa shape index (κ2) is 3.66. The molecular formula is C8H15N3O2. The standard InChI is InChI=1S/C8H15N3O2/c1-4-11-6(5-13-3)7(9)8(12)10(11)2/h4-5,9H2,1-3H3. The van der Waals surface area contributed by atoms with Crippen molar-refractivity contribution in [3.63, 3.8) is 0 Å². The van der Waals surface area contributed by atoms with E-state index >= 15 is 0 Å². The monoisotopic (exact) mass is 185 g/mol. The van der Waals surface area contributed by atoms with E-state index in [1.165, 1.54) is 4.68 Å². The van der Waals surface area contributed by atoms with Crippen LogP contribution < -0.4 is 11.3 Å². The van der Waals surface area contributed by atoms with Gasteiger partial charge in [-0.05, 0) is 6.92 Å². The van der Waals surface area contributed by atoms with Crippen LogP contribution in [0, 0.1) is 0 Å². The van der Waals surface area contributed by atoms with E-state index in [4.69, 9.17) is 10.5 Å². The number of hydrogen-bond donors (Lipinski definition) is 1. The van der Waals surface area contributed by atoms with Crippen molar-refractivity contribution in [3.05, 3.63) is 16.0 Å². The second-order valence-electron chi connectivity index (χ2n) is 2.84. The van der Waals surface area contributed by atoms with Gasteiger partial charge in [-0.25, -0.2) is 0 Å². The third-order valence-electron chi connectivity index (χ3n) is 2.09. The molecule has 0 saturated carbocycles. The summed E-state index contributed by atoms with van der Waals surface area (Å²) < 4.78 is 8.28. The Kier molecular flexibility index (Phi) is 2.77. The van der Waals surface area contributed by atoms with Crippen LogP contribution in [-0.2, 0) is 24.9 Å². The molecule has 0 atom stereocenters. The molecule has 13 heavy (non-hydrogen) atoms. The minimum absolute atomic E-state index is 0.158. The molecule has 0 aliphatic carbocycles. The number of hydrogen-bond acceptors (Lipinski definition) is 3. The average molecular weight is 185 g/mol. The summed E-state index contributed by atoms with van der Waals surface area (Å²) in [4.78, 5) is 11.4. The maximum atomic E-state index is 11.4. The molecule has 0 amide bonds. The van der Waals surface area contributed by atoms with Crippen molar-refractivity contribution < 1.29 is 4.74 Å². The Balaban J connectivity index is 3.30. The molecule has 0 saturated heterocycles. The third kappa shape index (κ3) is 1.47. The maximum absolute atomic E-state index is 11.4. The van der Waals surface area contributed by atoms with Crippen LogP contribution in [0.3, 0.4) is 0 Å². The molecule has 5 heteroatoms. The summed E-state index contributed by atoms with van der Waals surface area (Å²) in [5, 5.41) is 0. The van der Waals surface area contributed by atoms with Gasteiger partial charge in [0.05, 0.1) is 12.3 Å². The van der Waals surface area contributed by atoms with Crippen LogP contribution in [0.15, 0.2) is 4.79 Å². The number of ether oxygens (including phenoxy) is 1. The first-order valence-corrected chi connectivity index (χ1v) is 4.16. The van der Waals surface area contributed by atoms with Crippen LogP contribution in [0.4, 0.5) is 5.69 Å². The number of nitrogens with zero attached hydrogens (tertiary/aromatic N) is 2. The molecule has 0 fully saturated rings. The lowest BCUT2D eigenvalue weighted by molar-refractivity contribution is 0.175. The van der Waals surface area contributed by atoms with Gasteiger partial charge in [0.15, 0.2) is 0 Å². The fourth-order valence-corrected chi connectivity index (χ4v) is 1.42. The topological polar surface area (TPSA) is 62.2 Å². The van der Waals surface area contributed by atoms with Crippen molar-refractivity contribution >= 4 is 5.69 Å². The summed E-state index contributed by atoms with van der Waals surface area (Å²) in [6.07, 6.45) is 0. The fraction of sp³-hybridized carbons (Fsp3) is 0.625. The molecule has 0 aliphatic heterocycles. The van der Waals surface area contributed by atoms with Crippen LogP contribution in [-0.4, -0.2) is 16.5 Å². The van der Waals surface area contributed by atoms with E-state index in [0.29, 0.717) is 13.2 Å². The molecule has 74 valence electrons. The van der Waals surface area contributed by atoms with Gasteiger partial charge in [-0.2, -0.15) is 0 Å². The number of rotatable bonds is 3. The molecule has 0 aliphatic rings. The summed E-state index contributed by atoms with van der Waals surface area (Å²) >= 11 is 0. The Labute approximate surface area is 76.7 Å². The van der Waals surface area contributed by atoms with Gasteiger partial charge < -0.3 is 10.5 Å². The normalized spacial score (nSPS) is 10.7. The van der Waals surface area contributed by atoms with Gasteiger partial charge in [0.25, 0.3) is 5.56 Å². The molecule has 0 bridgehead atoms. The Morgan fingerprint density at radius 1 is 1.54 bits per heavy atom. The predicted octanol–water partition coefficient (Wildman–Crippen LogP) is -0.0647. The quantitative estimate of drug-likeness (QED) is 0.717. The Morgan fingerprint density at radius 3 is 2.62 bits per heavy atom. The van der Waals surface area contributed by atoms with Gasteiger partial charge in [0.1, 0.15) is 5.69 Å². The number of nitrogen functional groups attached to an aromatic ring is 1. The summed E-state index contributed by atoms with van der Waals surface area (Å²) in [6.45, 7) is 3.04. The zero-order chi connectivity index (χ0) is 10.0. The van der Waals surface area contributed by atoms with E-state index in [2.05, 4.69) is 0 Å². The Morgan fingerprint density at radius 2 is 2.15 bits per heavy atom. The molecular weight excluding hydrogens is 170 g/mol. The highest BCUT2D eigenvalue weighted by Gasteiger charge is 2.13. The van der Waals surface area contributed by atoms with Crippen molar-refractivity contribution in [2.75, 3.05) is 12.8 Å². The lowest BCUT2D eigenvalue weighted by Gasteiger charge is -2.08. The fourth-order valence-electron chi connectivity index (χ4n) is 1.42. The molecule has 0 spiro atoms. The average Bonchev–Trinajstić information content (AvgIpc) is 2.32. The Hall–Kier alpha value is -1.23. The number of nitrogens with two attached hydrogens (primary N) is 1. The summed E-state index contributed by atoms with van der Waals surface area (Å²) in [7, 11) is 3.28. The molecule has 1 rings (SSSR count). The zero-order valence-corrected chi connectivity index (χ0v) is 8.20. The highest BCUT2D eigenvalue weighted by Crippen LogP contribution is 2.08. The molecule has 1 aromatic heterocycles. The lowest BCUT2D eigenvalue weighted by Crippen LogP contribution is -2.19. The summed E-state index contributed by atoms with van der Waals surface area (Å²) in [5.74, 6) is 0. The number of methoxy groups -OCH3 is 1. The highest BCUT2D eigenvalue weighted by molar-refractivity contribution is 5.41. The van der Waals surface area contributed by atoms with Gasteiger partial charge in [0, 0.05) is 20.7 Å². The van der Waals surface area contributed by atoms with E-state index < -0.39 is 0 Å². The van der Waals surface area contributed by atoms with Crippen molar-refractivity contribution in [1.82, 2.24) is 9.36 Å². The first-order valence-electron chi connectivity index (χ1n) is 4.16. The number of aromatic nitrogens is 2. The predicted molar refractivity (Wildman–Crippen MR) is 50.5 cm³/mol. The lowest BCUT2D eigenvalue weighted by atomic mass is 10.4. The van der Waals surface area contributed by atoms with Gasteiger partial charge in [-0.3, -0.25) is 14.2 Å². The maximum Gasteiger partial charge on any atom is 0.289 e. The van der Waals surface area contributed by atoms with Crippen molar-refractivity contribution in [2.24, 2.45) is 7.05 Å². The van der Waals surface area contributed by atoms with Crippen LogP contribution in [0.1, 0.15) is 12.6 Å². The minimum atomic E-state index is -0.158. The zero-order valence-electron chi connectivity index (χ0n) is 8.20. The van der Waals surface area contributed by atoms with Crippen LogP contribution in [0.5, 0.6) is 0 Å². The van der Waals surface area contributed by atoms with Gasteiger partial charge >= 0.3 is 0 Å². The van der Waals surface area contributed by atoms with E-state index in [0.717, 1.165) is 5.69 Å². The highest BCUT2D eigenvalue weighted by atomic mass is 16.5. The molecule has 0 aromatic carbocycles. The van der Waals surface area contributed by atoms with Crippen molar-refractivity contribution in [3.8, 4) is 0 Å². The van der Waals surface area contributed by atoms with Crippen molar-refractivity contribution in [1.29, 1.82) is 0 Å². The second-order valence-corrected chi connectivity index (χ2v) is 2.84. The van der Waals surface area contributed by atoms with Gasteiger partial charge in [0.2, 0.25) is 0 Å². The molecule has 5 nitrogen and oxygen atoms in total. The molecule has 0 radical (unpaired) electrons. The molecule has 2 N–H and O–H groups in total. The van der Waals surface area contributed by atoms with Crippen LogP contribution in [0.2, 0.25) is 0 Å². The SMILES string of the molecule is CCn1c(COC)c(N)c(=O)n1C. The largest absolute Gasteiger partial charge is 0.393 e. The number of anilines is 1. The molecule has 1 heterocycles. The van der Waals surface area contributed by atoms with Gasteiger partial charge in [-0.1, -0.05) is 0 Å². The molecule has 1 aromatic rings. The van der Waals surface area contributed by atoms with E-state index in [1.54, 1.807) is 18.8 Å². The van der Waals surface area contributed by atoms with Gasteiger partial charge in [-0.15, -0.1) is 0 Å².